The highest BCUT2D eigenvalue weighted by atomic mass is 19.4. The third-order valence-corrected chi connectivity index (χ3v) is 4.84. The molecule has 1 amide bonds. The number of carbonyl (C=O) groups is 1. The van der Waals surface area contributed by atoms with Gasteiger partial charge in [-0.25, -0.2) is 0 Å². The summed E-state index contributed by atoms with van der Waals surface area (Å²) < 4.78 is 39.5. The lowest BCUT2D eigenvalue weighted by molar-refractivity contribution is -0.141. The van der Waals surface area contributed by atoms with Crippen LogP contribution in [0.3, 0.4) is 0 Å². The first-order chi connectivity index (χ1) is 11.7. The van der Waals surface area contributed by atoms with Crippen LogP contribution in [0.15, 0.2) is 36.4 Å². The number of halogens is 3. The number of alkyl halides is 3. The van der Waals surface area contributed by atoms with Crippen LogP contribution in [-0.2, 0) is 18.6 Å². The molecule has 0 N–H and O–H groups in total. The van der Waals surface area contributed by atoms with E-state index in [-0.39, 0.29) is 11.1 Å². The van der Waals surface area contributed by atoms with Gasteiger partial charge in [0, 0.05) is 31.6 Å². The molecule has 134 valence electrons. The van der Waals surface area contributed by atoms with Crippen LogP contribution in [0.25, 0.3) is 0 Å². The minimum atomic E-state index is -4.56. The predicted molar refractivity (Wildman–Crippen MR) is 87.1 cm³/mol. The lowest BCUT2D eigenvalue weighted by Crippen LogP contribution is -2.47. The second-order valence-electron chi connectivity index (χ2n) is 6.79. The zero-order valence-corrected chi connectivity index (χ0v) is 14.2. The molecule has 1 atom stereocenters. The molecule has 3 rings (SSSR count). The van der Waals surface area contributed by atoms with E-state index in [1.165, 1.54) is 7.05 Å². The fraction of sp³-hybridized carbons (Fsp3) is 0.444. The zero-order chi connectivity index (χ0) is 18.2. The molecule has 25 heavy (non-hydrogen) atoms. The number of hydrogen-bond donors (Lipinski definition) is 0. The van der Waals surface area contributed by atoms with E-state index >= 15 is 0 Å². The van der Waals surface area contributed by atoms with E-state index in [2.05, 4.69) is 12.0 Å². The molecule has 1 aliphatic heterocycles. The molecule has 2 heterocycles. The molecule has 0 spiro atoms. The van der Waals surface area contributed by atoms with Crippen molar-refractivity contribution in [2.24, 2.45) is 7.05 Å². The Labute approximate surface area is 144 Å². The summed E-state index contributed by atoms with van der Waals surface area (Å²) in [6.45, 7) is 3.10. The maximum atomic E-state index is 12.8. The van der Waals surface area contributed by atoms with E-state index in [0.29, 0.717) is 13.1 Å². The molecule has 0 radical (unpaired) electrons. The van der Waals surface area contributed by atoms with E-state index in [1.54, 1.807) is 4.90 Å². The molecule has 0 unspecified atom stereocenters. The number of rotatable bonds is 2. The van der Waals surface area contributed by atoms with Gasteiger partial charge in [0.15, 0.2) is 5.69 Å². The summed E-state index contributed by atoms with van der Waals surface area (Å²) in [7, 11) is 1.36. The SMILES string of the molecule is Cn1nc(C(F)(F)F)cc1C(=O)N1CCC[C@@](C)(c2ccccc2)C1. The Morgan fingerprint density at radius 3 is 2.52 bits per heavy atom. The van der Waals surface area contributed by atoms with Crippen LogP contribution < -0.4 is 0 Å². The predicted octanol–water partition coefficient (Wildman–Crippen LogP) is 3.63. The molecule has 4 nitrogen and oxygen atoms in total. The maximum Gasteiger partial charge on any atom is 0.435 e. The maximum absolute atomic E-state index is 12.8. The van der Waals surface area contributed by atoms with E-state index in [9.17, 15) is 18.0 Å². The number of aryl methyl sites for hydroxylation is 1. The number of amides is 1. The average Bonchev–Trinajstić information content (AvgIpc) is 2.97. The molecule has 1 aliphatic rings. The first-order valence-electron chi connectivity index (χ1n) is 8.17. The molecular weight excluding hydrogens is 331 g/mol. The Hall–Kier alpha value is -2.31. The van der Waals surface area contributed by atoms with Crippen molar-refractivity contribution in [2.45, 2.75) is 31.4 Å². The molecule has 0 saturated carbocycles. The van der Waals surface area contributed by atoms with Gasteiger partial charge in [0.05, 0.1) is 0 Å². The van der Waals surface area contributed by atoms with Crippen LogP contribution in [0.1, 0.15) is 41.5 Å². The molecule has 7 heteroatoms. The van der Waals surface area contributed by atoms with Crippen LogP contribution >= 0.6 is 0 Å². The molecule has 1 aromatic heterocycles. The van der Waals surface area contributed by atoms with Crippen LogP contribution in [0, 0.1) is 0 Å². The summed E-state index contributed by atoms with van der Waals surface area (Å²) in [5, 5.41) is 3.44. The molecule has 1 saturated heterocycles. The van der Waals surface area contributed by atoms with Gasteiger partial charge < -0.3 is 4.90 Å². The van der Waals surface area contributed by atoms with Gasteiger partial charge in [0.2, 0.25) is 0 Å². The van der Waals surface area contributed by atoms with Crippen molar-refractivity contribution >= 4 is 5.91 Å². The van der Waals surface area contributed by atoms with Gasteiger partial charge in [-0.05, 0) is 18.4 Å². The second-order valence-corrected chi connectivity index (χ2v) is 6.79. The van der Waals surface area contributed by atoms with Crippen molar-refractivity contribution in [3.8, 4) is 0 Å². The van der Waals surface area contributed by atoms with Crippen LogP contribution in [0.2, 0.25) is 0 Å². The standard InChI is InChI=1S/C18H20F3N3O/c1-17(13-7-4-3-5-8-13)9-6-10-24(12-17)16(25)14-11-15(18(19,20)21)22-23(14)2/h3-5,7-8,11H,6,9-10,12H2,1-2H3/t17-/m1/s1. The lowest BCUT2D eigenvalue weighted by atomic mass is 9.76. The summed E-state index contributed by atoms with van der Waals surface area (Å²) in [6.07, 6.45) is -2.82. The summed E-state index contributed by atoms with van der Waals surface area (Å²) in [4.78, 5) is 14.4. The number of carbonyl (C=O) groups excluding carboxylic acids is 1. The highest BCUT2D eigenvalue weighted by Crippen LogP contribution is 2.34. The van der Waals surface area contributed by atoms with Gasteiger partial charge in [-0.3, -0.25) is 9.48 Å². The summed E-state index contributed by atoms with van der Waals surface area (Å²) in [5.41, 5.74) is -0.153. The second kappa shape index (κ2) is 6.20. The highest BCUT2D eigenvalue weighted by molar-refractivity contribution is 5.93. The average molecular weight is 351 g/mol. The fourth-order valence-corrected chi connectivity index (χ4v) is 3.46. The topological polar surface area (TPSA) is 38.1 Å². The molecule has 0 aliphatic carbocycles. The number of nitrogens with zero attached hydrogens (tertiary/aromatic N) is 3. The fourth-order valence-electron chi connectivity index (χ4n) is 3.46. The monoisotopic (exact) mass is 351 g/mol. The van der Waals surface area contributed by atoms with E-state index in [1.807, 2.05) is 30.3 Å². The molecular formula is C18H20F3N3O. The Morgan fingerprint density at radius 2 is 1.92 bits per heavy atom. The summed E-state index contributed by atoms with van der Waals surface area (Å²) in [5.74, 6) is -0.410. The minimum Gasteiger partial charge on any atom is -0.336 e. The Bertz CT molecular complexity index is 770. The van der Waals surface area contributed by atoms with Gasteiger partial charge in [-0.2, -0.15) is 18.3 Å². The van der Waals surface area contributed by atoms with E-state index < -0.39 is 17.8 Å². The van der Waals surface area contributed by atoms with Crippen LogP contribution in [-0.4, -0.2) is 33.7 Å². The van der Waals surface area contributed by atoms with E-state index in [0.717, 1.165) is 29.2 Å². The number of piperidine rings is 1. The summed E-state index contributed by atoms with van der Waals surface area (Å²) in [6, 6.07) is 10.7. The number of aromatic nitrogens is 2. The molecule has 2 aromatic rings. The zero-order valence-electron chi connectivity index (χ0n) is 14.2. The quantitative estimate of drug-likeness (QED) is 0.829. The third kappa shape index (κ3) is 3.41. The molecule has 1 fully saturated rings. The number of likely N-dealkylation sites (tertiary alicyclic amines) is 1. The number of benzene rings is 1. The van der Waals surface area contributed by atoms with Gasteiger partial charge in [-0.1, -0.05) is 37.3 Å². The Morgan fingerprint density at radius 1 is 1.24 bits per heavy atom. The van der Waals surface area contributed by atoms with Crippen LogP contribution in [0.5, 0.6) is 0 Å². The van der Waals surface area contributed by atoms with Crippen molar-refractivity contribution < 1.29 is 18.0 Å². The van der Waals surface area contributed by atoms with Crippen molar-refractivity contribution in [1.82, 2.24) is 14.7 Å². The largest absolute Gasteiger partial charge is 0.435 e. The Balaban J connectivity index is 1.85. The lowest BCUT2D eigenvalue weighted by Gasteiger charge is -2.41. The smallest absolute Gasteiger partial charge is 0.336 e. The molecule has 1 aromatic carbocycles. The van der Waals surface area contributed by atoms with Crippen LogP contribution in [0.4, 0.5) is 13.2 Å². The first kappa shape index (κ1) is 17.5. The Kier molecular flexibility index (Phi) is 4.34. The van der Waals surface area contributed by atoms with Gasteiger partial charge in [0.1, 0.15) is 5.69 Å². The highest BCUT2D eigenvalue weighted by Gasteiger charge is 2.38. The van der Waals surface area contributed by atoms with Crippen molar-refractivity contribution in [1.29, 1.82) is 0 Å². The van der Waals surface area contributed by atoms with Crippen molar-refractivity contribution in [3.05, 3.63) is 53.3 Å². The van der Waals surface area contributed by atoms with Gasteiger partial charge in [0.25, 0.3) is 5.91 Å². The third-order valence-electron chi connectivity index (χ3n) is 4.84. The summed E-state index contributed by atoms with van der Waals surface area (Å²) >= 11 is 0. The first-order valence-corrected chi connectivity index (χ1v) is 8.17. The normalized spacial score (nSPS) is 21.4. The van der Waals surface area contributed by atoms with Gasteiger partial charge >= 0.3 is 6.18 Å². The molecule has 0 bridgehead atoms. The van der Waals surface area contributed by atoms with Crippen molar-refractivity contribution in [3.63, 3.8) is 0 Å². The minimum absolute atomic E-state index is 0.0374. The van der Waals surface area contributed by atoms with Crippen molar-refractivity contribution in [2.75, 3.05) is 13.1 Å². The van der Waals surface area contributed by atoms with E-state index in [4.69, 9.17) is 0 Å². The van der Waals surface area contributed by atoms with Gasteiger partial charge in [-0.15, -0.1) is 0 Å². The number of hydrogen-bond acceptors (Lipinski definition) is 2.